The van der Waals surface area contributed by atoms with Gasteiger partial charge in [0, 0.05) is 23.4 Å². The maximum absolute atomic E-state index is 13.2. The Morgan fingerprint density at radius 1 is 0.923 bits per heavy atom. The molecular formula is C33H38N2O4. The number of aryl methyl sites for hydroxylation is 1. The molecule has 0 saturated carbocycles. The van der Waals surface area contributed by atoms with Gasteiger partial charge in [-0.2, -0.15) is 0 Å². The monoisotopic (exact) mass is 526 g/mol. The SMILES string of the molecule is CCCCCCc1ccc(C(=O)Nc2ccc(-c3ccc4c(c3)C(=O)N([C@H](C(=O)OC)C(C)C)C4)cc2)cc1. The molecule has 6 nitrogen and oxygen atoms in total. The van der Waals surface area contributed by atoms with Crippen molar-refractivity contribution in [3.8, 4) is 11.1 Å². The van der Waals surface area contributed by atoms with Gasteiger partial charge in [0.1, 0.15) is 6.04 Å². The lowest BCUT2D eigenvalue weighted by atomic mass is 10.00. The number of nitrogens with zero attached hydrogens (tertiary/aromatic N) is 1. The Hall–Kier alpha value is -3.93. The lowest BCUT2D eigenvalue weighted by molar-refractivity contribution is -0.147. The molecule has 0 unspecified atom stereocenters. The van der Waals surface area contributed by atoms with Gasteiger partial charge in [-0.1, -0.05) is 76.4 Å². The number of carbonyl (C=O) groups excluding carboxylic acids is 3. The van der Waals surface area contributed by atoms with E-state index in [1.54, 1.807) is 4.90 Å². The normalized spacial score (nSPS) is 13.4. The fraction of sp³-hybridized carbons (Fsp3) is 0.364. The van der Waals surface area contributed by atoms with Crippen molar-refractivity contribution >= 4 is 23.5 Å². The Labute approximate surface area is 231 Å². The number of esters is 1. The topological polar surface area (TPSA) is 75.7 Å². The van der Waals surface area contributed by atoms with Crippen LogP contribution in [0.4, 0.5) is 5.69 Å². The van der Waals surface area contributed by atoms with Crippen LogP contribution in [0.15, 0.2) is 66.7 Å². The van der Waals surface area contributed by atoms with Crippen molar-refractivity contribution in [2.24, 2.45) is 5.92 Å². The summed E-state index contributed by atoms with van der Waals surface area (Å²) in [6.45, 7) is 6.42. The zero-order valence-electron chi connectivity index (χ0n) is 23.3. The van der Waals surface area contributed by atoms with Gasteiger partial charge in [0.2, 0.25) is 0 Å². The molecule has 1 atom stereocenters. The summed E-state index contributed by atoms with van der Waals surface area (Å²) < 4.78 is 4.96. The molecule has 0 spiro atoms. The molecule has 0 saturated heterocycles. The highest BCUT2D eigenvalue weighted by Crippen LogP contribution is 2.32. The van der Waals surface area contributed by atoms with Crippen LogP contribution in [0.1, 0.15) is 78.3 Å². The van der Waals surface area contributed by atoms with Gasteiger partial charge in [-0.05, 0) is 71.3 Å². The maximum atomic E-state index is 13.2. The van der Waals surface area contributed by atoms with E-state index >= 15 is 0 Å². The van der Waals surface area contributed by atoms with Crippen LogP contribution in [-0.4, -0.2) is 35.8 Å². The van der Waals surface area contributed by atoms with Gasteiger partial charge >= 0.3 is 5.97 Å². The number of nitrogens with one attached hydrogen (secondary N) is 1. The van der Waals surface area contributed by atoms with Crippen molar-refractivity contribution in [1.82, 2.24) is 4.90 Å². The van der Waals surface area contributed by atoms with Crippen molar-refractivity contribution in [1.29, 1.82) is 0 Å². The summed E-state index contributed by atoms with van der Waals surface area (Å²) in [7, 11) is 1.35. The average Bonchev–Trinajstić information content (AvgIpc) is 3.26. The molecule has 1 heterocycles. The van der Waals surface area contributed by atoms with Crippen LogP contribution in [-0.2, 0) is 22.5 Å². The predicted octanol–water partition coefficient (Wildman–Crippen LogP) is 6.88. The molecule has 2 amide bonds. The van der Waals surface area contributed by atoms with Crippen molar-refractivity contribution in [3.63, 3.8) is 0 Å². The summed E-state index contributed by atoms with van der Waals surface area (Å²) in [5.41, 5.74) is 5.92. The van der Waals surface area contributed by atoms with Gasteiger partial charge < -0.3 is 15.0 Å². The van der Waals surface area contributed by atoms with E-state index in [1.165, 1.54) is 38.4 Å². The Kier molecular flexibility index (Phi) is 9.18. The summed E-state index contributed by atoms with van der Waals surface area (Å²) in [6, 6.07) is 20.6. The number of anilines is 1. The summed E-state index contributed by atoms with van der Waals surface area (Å²) in [6.07, 6.45) is 5.94. The van der Waals surface area contributed by atoms with Gasteiger partial charge in [0.05, 0.1) is 7.11 Å². The van der Waals surface area contributed by atoms with Gasteiger partial charge in [0.25, 0.3) is 11.8 Å². The molecule has 6 heteroatoms. The molecule has 0 radical (unpaired) electrons. The number of unbranched alkanes of at least 4 members (excludes halogenated alkanes) is 3. The minimum Gasteiger partial charge on any atom is -0.467 e. The number of ether oxygens (including phenoxy) is 1. The fourth-order valence-corrected chi connectivity index (χ4v) is 5.14. The number of hydrogen-bond acceptors (Lipinski definition) is 4. The molecule has 0 bridgehead atoms. The molecular weight excluding hydrogens is 488 g/mol. The first-order valence-corrected chi connectivity index (χ1v) is 13.8. The minimum absolute atomic E-state index is 0.0635. The van der Waals surface area contributed by atoms with Gasteiger partial charge in [-0.25, -0.2) is 4.79 Å². The second kappa shape index (κ2) is 12.7. The number of hydrogen-bond donors (Lipinski definition) is 1. The van der Waals surface area contributed by atoms with E-state index in [0.717, 1.165) is 23.1 Å². The zero-order chi connectivity index (χ0) is 27.9. The lowest BCUT2D eigenvalue weighted by Gasteiger charge is -2.28. The zero-order valence-corrected chi connectivity index (χ0v) is 23.3. The van der Waals surface area contributed by atoms with Gasteiger partial charge in [0.15, 0.2) is 0 Å². The summed E-state index contributed by atoms with van der Waals surface area (Å²) in [5, 5.41) is 2.97. The third kappa shape index (κ3) is 6.56. The molecule has 1 aliphatic rings. The standard InChI is InChI=1S/C33H38N2O4/c1-5-6-7-8-9-23-10-12-25(13-11-23)31(36)34-28-18-16-24(17-19-28)26-14-15-27-21-35(32(37)29(27)20-26)30(22(2)3)33(38)39-4/h10-20,22,30H,5-9,21H2,1-4H3,(H,34,36)/t30-/m0/s1. The van der Waals surface area contributed by atoms with Crippen LogP contribution in [0.3, 0.4) is 0 Å². The molecule has 39 heavy (non-hydrogen) atoms. The first-order valence-electron chi connectivity index (χ1n) is 13.8. The summed E-state index contributed by atoms with van der Waals surface area (Å²) in [4.78, 5) is 39.9. The number of benzene rings is 3. The number of rotatable bonds is 11. The van der Waals surface area contributed by atoms with Crippen LogP contribution in [0, 0.1) is 5.92 Å². The first-order chi connectivity index (χ1) is 18.8. The first kappa shape index (κ1) is 28.1. The Balaban J connectivity index is 1.41. The van der Waals surface area contributed by atoms with E-state index in [9.17, 15) is 14.4 Å². The quantitative estimate of drug-likeness (QED) is 0.218. The van der Waals surface area contributed by atoms with E-state index < -0.39 is 12.0 Å². The molecule has 1 aliphatic heterocycles. The smallest absolute Gasteiger partial charge is 0.328 e. The van der Waals surface area contributed by atoms with Crippen molar-refractivity contribution in [2.75, 3.05) is 12.4 Å². The summed E-state index contributed by atoms with van der Waals surface area (Å²) in [5.74, 6) is -0.769. The molecule has 0 aromatic heterocycles. The summed E-state index contributed by atoms with van der Waals surface area (Å²) >= 11 is 0. The maximum Gasteiger partial charge on any atom is 0.328 e. The molecule has 4 rings (SSSR count). The van der Waals surface area contributed by atoms with Gasteiger partial charge in [-0.15, -0.1) is 0 Å². The van der Waals surface area contributed by atoms with Crippen molar-refractivity contribution in [3.05, 3.63) is 89.0 Å². The van der Waals surface area contributed by atoms with E-state index in [2.05, 4.69) is 12.2 Å². The molecule has 3 aromatic carbocycles. The van der Waals surface area contributed by atoms with E-state index in [4.69, 9.17) is 4.74 Å². The molecule has 0 fully saturated rings. The van der Waals surface area contributed by atoms with Crippen LogP contribution in [0.5, 0.6) is 0 Å². The van der Waals surface area contributed by atoms with E-state index in [1.807, 2.05) is 80.6 Å². The fourth-order valence-electron chi connectivity index (χ4n) is 5.14. The second-order valence-corrected chi connectivity index (χ2v) is 10.6. The highest BCUT2D eigenvalue weighted by Gasteiger charge is 2.38. The number of carbonyl (C=O) groups is 3. The number of fused-ring (bicyclic) bond motifs is 1. The van der Waals surface area contributed by atoms with E-state index in [-0.39, 0.29) is 17.7 Å². The Bertz CT molecular complexity index is 1310. The van der Waals surface area contributed by atoms with Crippen LogP contribution < -0.4 is 5.32 Å². The molecule has 204 valence electrons. The Morgan fingerprint density at radius 2 is 1.62 bits per heavy atom. The highest BCUT2D eigenvalue weighted by molar-refractivity contribution is 6.04. The minimum atomic E-state index is -0.622. The van der Waals surface area contributed by atoms with Crippen LogP contribution >= 0.6 is 0 Å². The van der Waals surface area contributed by atoms with Crippen LogP contribution in [0.25, 0.3) is 11.1 Å². The lowest BCUT2D eigenvalue weighted by Crippen LogP contribution is -2.45. The molecule has 0 aliphatic carbocycles. The van der Waals surface area contributed by atoms with Crippen molar-refractivity contribution in [2.45, 2.75) is 65.5 Å². The van der Waals surface area contributed by atoms with Crippen molar-refractivity contribution < 1.29 is 19.1 Å². The molecule has 3 aromatic rings. The number of amides is 2. The largest absolute Gasteiger partial charge is 0.467 e. The predicted molar refractivity (Wildman–Crippen MR) is 155 cm³/mol. The third-order valence-corrected chi connectivity index (χ3v) is 7.36. The van der Waals surface area contributed by atoms with Crippen LogP contribution in [0.2, 0.25) is 0 Å². The molecule has 1 N–H and O–H groups in total. The Morgan fingerprint density at radius 3 is 2.26 bits per heavy atom. The number of methoxy groups -OCH3 is 1. The average molecular weight is 527 g/mol. The highest BCUT2D eigenvalue weighted by atomic mass is 16.5. The van der Waals surface area contributed by atoms with E-state index in [0.29, 0.717) is 23.4 Å². The second-order valence-electron chi connectivity index (χ2n) is 10.6. The third-order valence-electron chi connectivity index (χ3n) is 7.36. The van der Waals surface area contributed by atoms with Gasteiger partial charge in [-0.3, -0.25) is 9.59 Å².